The van der Waals surface area contributed by atoms with E-state index < -0.39 is 16.4 Å². The van der Waals surface area contributed by atoms with Crippen molar-refractivity contribution < 1.29 is 28.1 Å². The topological polar surface area (TPSA) is 46.5 Å². The van der Waals surface area contributed by atoms with Crippen molar-refractivity contribution in [2.24, 2.45) is 0 Å². The summed E-state index contributed by atoms with van der Waals surface area (Å²) in [6, 6.07) is 0. The highest BCUT2D eigenvalue weighted by Crippen LogP contribution is 2.15. The van der Waals surface area contributed by atoms with Crippen LogP contribution in [0.5, 0.6) is 0 Å². The maximum atomic E-state index is 10.8. The van der Waals surface area contributed by atoms with E-state index in [1.807, 2.05) is 0 Å². The minimum Gasteiger partial charge on any atom is -0.291 e. The van der Waals surface area contributed by atoms with E-state index in [1.165, 1.54) is 0 Å². The van der Waals surface area contributed by atoms with Gasteiger partial charge >= 0.3 is 12.1 Å². The third kappa shape index (κ3) is 12.7. The molecule has 0 aliphatic carbocycles. The fourth-order valence-electron chi connectivity index (χ4n) is 0.0518. The Morgan fingerprint density at radius 2 is 1.58 bits per heavy atom. The minimum absolute atomic E-state index is 0.750. The molecule has 0 heterocycles. The van der Waals surface area contributed by atoms with Crippen molar-refractivity contribution in [3.63, 3.8) is 0 Å². The maximum absolute atomic E-state index is 10.8. The highest BCUT2D eigenvalue weighted by Gasteiger charge is 2.41. The first kappa shape index (κ1) is 14.6. The van der Waals surface area contributed by atoms with Gasteiger partial charge in [-0.25, -0.2) is 4.79 Å². The summed E-state index contributed by atoms with van der Waals surface area (Å²) in [4.78, 5) is 11.6. The smallest absolute Gasteiger partial charge is 0.291 e. The standard InChI is InChI=1S/C2HF3O3.CHCl3/c3-2(4,5)1(6)8-7;2-1(3)4/h7H;1H. The quantitative estimate of drug-likeness (QED) is 0.408. The fraction of sp³-hybridized carbons (Fsp3) is 0.667. The Bertz CT molecular complexity index is 134. The van der Waals surface area contributed by atoms with Gasteiger partial charge in [0.1, 0.15) is 0 Å². The average Bonchev–Trinajstić information content (AvgIpc) is 1.82. The lowest BCUT2D eigenvalue weighted by Crippen LogP contribution is -2.23. The van der Waals surface area contributed by atoms with E-state index in [9.17, 15) is 18.0 Å². The van der Waals surface area contributed by atoms with Crippen molar-refractivity contribution in [3.05, 3.63) is 0 Å². The number of hydrogen-bond acceptors (Lipinski definition) is 3. The molecule has 0 aromatic rings. The van der Waals surface area contributed by atoms with E-state index in [2.05, 4.69) is 4.89 Å². The molecular formula is C3H2Cl3F3O3. The maximum Gasteiger partial charge on any atom is 0.494 e. The summed E-state index contributed by atoms with van der Waals surface area (Å²) in [7, 11) is 0. The molecule has 0 saturated carbocycles. The number of carbonyl (C=O) groups is 1. The van der Waals surface area contributed by atoms with Gasteiger partial charge in [-0.05, 0) is 0 Å². The number of carbonyl (C=O) groups excluding carboxylic acids is 1. The van der Waals surface area contributed by atoms with Crippen LogP contribution in [0.3, 0.4) is 0 Å². The molecule has 0 spiro atoms. The Kier molecular flexibility index (Phi) is 8.02. The molecule has 74 valence electrons. The van der Waals surface area contributed by atoms with Crippen molar-refractivity contribution in [2.45, 2.75) is 10.5 Å². The lowest BCUT2D eigenvalue weighted by Gasteiger charge is -1.97. The van der Waals surface area contributed by atoms with Crippen LogP contribution < -0.4 is 0 Å². The zero-order valence-electron chi connectivity index (χ0n) is 5.11. The normalized spacial score (nSPS) is 10.3. The van der Waals surface area contributed by atoms with Crippen LogP contribution >= 0.6 is 34.8 Å². The summed E-state index contributed by atoms with van der Waals surface area (Å²) in [5, 5.41) is 7.10. The SMILES string of the molecule is ClC(Cl)Cl.O=C(OO)C(F)(F)F. The van der Waals surface area contributed by atoms with Gasteiger partial charge in [-0.2, -0.15) is 18.4 Å². The lowest BCUT2D eigenvalue weighted by molar-refractivity contribution is -0.272. The Labute approximate surface area is 79.9 Å². The molecule has 9 heteroatoms. The summed E-state index contributed by atoms with van der Waals surface area (Å²) in [5.41, 5.74) is 0. The molecule has 0 fully saturated rings. The molecule has 0 saturated heterocycles. The highest BCUT2D eigenvalue weighted by molar-refractivity contribution is 6.63. The summed E-state index contributed by atoms with van der Waals surface area (Å²) < 4.78 is 31.7. The average molecular weight is 249 g/mol. The van der Waals surface area contributed by atoms with Crippen LogP contribution in [0.15, 0.2) is 0 Å². The van der Waals surface area contributed by atoms with E-state index in [4.69, 9.17) is 40.1 Å². The van der Waals surface area contributed by atoms with Crippen molar-refractivity contribution in [1.29, 1.82) is 0 Å². The highest BCUT2D eigenvalue weighted by atomic mass is 35.6. The summed E-state index contributed by atoms with van der Waals surface area (Å²) in [5.74, 6) is -2.61. The van der Waals surface area contributed by atoms with Crippen LogP contribution in [-0.2, 0) is 9.68 Å². The van der Waals surface area contributed by atoms with Crippen LogP contribution in [0.2, 0.25) is 0 Å². The largest absolute Gasteiger partial charge is 0.494 e. The van der Waals surface area contributed by atoms with Crippen molar-refractivity contribution >= 4 is 40.8 Å². The second kappa shape index (κ2) is 6.59. The second-order valence-corrected chi connectivity index (χ2v) is 3.10. The molecule has 0 aliphatic rings. The first-order chi connectivity index (χ1) is 5.21. The number of rotatable bonds is 0. The van der Waals surface area contributed by atoms with E-state index in [0.717, 1.165) is 0 Å². The van der Waals surface area contributed by atoms with Gasteiger partial charge in [0, 0.05) is 0 Å². The summed E-state index contributed by atoms with van der Waals surface area (Å²) in [6.45, 7) is 0. The molecule has 0 amide bonds. The zero-order valence-corrected chi connectivity index (χ0v) is 7.38. The predicted octanol–water partition coefficient (Wildman–Crippen LogP) is 2.55. The summed E-state index contributed by atoms with van der Waals surface area (Å²) >= 11 is 14.4. The van der Waals surface area contributed by atoms with Gasteiger partial charge in [0.05, 0.1) is 0 Å². The Morgan fingerprint density at radius 3 is 1.58 bits per heavy atom. The third-order valence-electron chi connectivity index (χ3n) is 0.314. The van der Waals surface area contributed by atoms with Crippen LogP contribution in [0.1, 0.15) is 0 Å². The molecule has 1 N–H and O–H groups in total. The van der Waals surface area contributed by atoms with E-state index in [0.29, 0.717) is 0 Å². The Balaban J connectivity index is 0. The lowest BCUT2D eigenvalue weighted by atomic mass is 10.7. The molecule has 0 rings (SSSR count). The van der Waals surface area contributed by atoms with Crippen molar-refractivity contribution in [3.8, 4) is 0 Å². The molecule has 0 radical (unpaired) electrons. The van der Waals surface area contributed by atoms with Gasteiger partial charge in [-0.15, -0.1) is 0 Å². The van der Waals surface area contributed by atoms with Gasteiger partial charge < -0.3 is 0 Å². The minimum atomic E-state index is -5.10. The van der Waals surface area contributed by atoms with Crippen molar-refractivity contribution in [2.75, 3.05) is 0 Å². The molecule has 12 heavy (non-hydrogen) atoms. The van der Waals surface area contributed by atoms with E-state index in [-0.39, 0.29) is 0 Å². The first-order valence-corrected chi connectivity index (χ1v) is 3.37. The molecule has 0 aliphatic heterocycles. The fourth-order valence-corrected chi connectivity index (χ4v) is 0.0518. The van der Waals surface area contributed by atoms with Crippen LogP contribution in [-0.4, -0.2) is 21.7 Å². The van der Waals surface area contributed by atoms with Crippen molar-refractivity contribution in [1.82, 2.24) is 0 Å². The molecular weight excluding hydrogens is 247 g/mol. The second-order valence-electron chi connectivity index (χ2n) is 1.12. The van der Waals surface area contributed by atoms with E-state index in [1.54, 1.807) is 0 Å². The number of hydrogen-bond donors (Lipinski definition) is 1. The molecule has 3 nitrogen and oxygen atoms in total. The molecule has 0 unspecified atom stereocenters. The molecule has 0 atom stereocenters. The van der Waals surface area contributed by atoms with Gasteiger partial charge in [-0.3, -0.25) is 4.89 Å². The van der Waals surface area contributed by atoms with Crippen LogP contribution in [0.4, 0.5) is 13.2 Å². The predicted molar refractivity (Wildman–Crippen MR) is 36.1 cm³/mol. The molecule has 0 aromatic carbocycles. The Morgan fingerprint density at radius 1 is 1.33 bits per heavy atom. The van der Waals surface area contributed by atoms with Gasteiger partial charge in [0.15, 0.2) is 4.30 Å². The van der Waals surface area contributed by atoms with Gasteiger partial charge in [0.2, 0.25) is 0 Å². The molecule has 0 bridgehead atoms. The van der Waals surface area contributed by atoms with Crippen LogP contribution in [0.25, 0.3) is 0 Å². The Hall–Kier alpha value is 0.0900. The third-order valence-corrected chi connectivity index (χ3v) is 0.314. The monoisotopic (exact) mass is 248 g/mol. The summed E-state index contributed by atoms with van der Waals surface area (Å²) in [6.07, 6.45) is -5.10. The van der Waals surface area contributed by atoms with Gasteiger partial charge in [-0.1, -0.05) is 34.8 Å². The van der Waals surface area contributed by atoms with Gasteiger partial charge in [0.25, 0.3) is 0 Å². The number of halogens is 6. The zero-order chi connectivity index (χ0) is 10.4. The first-order valence-electron chi connectivity index (χ1n) is 2.06. The molecule has 0 aromatic heterocycles. The van der Waals surface area contributed by atoms with Crippen LogP contribution in [0, 0.1) is 0 Å². The number of alkyl halides is 6. The van der Waals surface area contributed by atoms with E-state index >= 15 is 0 Å².